The Labute approximate surface area is 99.9 Å². The summed E-state index contributed by atoms with van der Waals surface area (Å²) < 4.78 is 30.8. The van der Waals surface area contributed by atoms with Gasteiger partial charge in [0.05, 0.1) is 11.6 Å². The smallest absolute Gasteiger partial charge is 0.255 e. The standard InChI is InChI=1S/C10H8ClF2N3O/c11-8-1-7(6-4-14-16-9(6)15-8)17-5-2-10(12,13)3-5/h1,4-5H,2-3H2,(H,14,15,16). The Morgan fingerprint density at radius 1 is 1.47 bits per heavy atom. The lowest BCUT2D eigenvalue weighted by Crippen LogP contribution is -2.43. The third-order valence-electron chi connectivity index (χ3n) is 2.70. The van der Waals surface area contributed by atoms with Gasteiger partial charge >= 0.3 is 0 Å². The van der Waals surface area contributed by atoms with E-state index in [0.29, 0.717) is 16.8 Å². The number of pyridine rings is 1. The van der Waals surface area contributed by atoms with Crippen molar-refractivity contribution in [2.75, 3.05) is 0 Å². The monoisotopic (exact) mass is 259 g/mol. The first-order valence-electron chi connectivity index (χ1n) is 5.08. The SMILES string of the molecule is FC1(F)CC(Oc2cc(Cl)nc3[nH]ncc23)C1. The molecule has 4 nitrogen and oxygen atoms in total. The van der Waals surface area contributed by atoms with Gasteiger partial charge < -0.3 is 4.74 Å². The summed E-state index contributed by atoms with van der Waals surface area (Å²) in [5, 5.41) is 7.34. The van der Waals surface area contributed by atoms with Crippen LogP contribution in [-0.4, -0.2) is 27.2 Å². The zero-order chi connectivity index (χ0) is 12.0. The molecule has 1 fully saturated rings. The van der Waals surface area contributed by atoms with Gasteiger partial charge in [-0.1, -0.05) is 11.6 Å². The van der Waals surface area contributed by atoms with Crippen molar-refractivity contribution < 1.29 is 13.5 Å². The summed E-state index contributed by atoms with van der Waals surface area (Å²) >= 11 is 5.79. The zero-order valence-electron chi connectivity index (χ0n) is 8.58. The van der Waals surface area contributed by atoms with Gasteiger partial charge in [0.2, 0.25) is 0 Å². The Hall–Kier alpha value is -1.43. The number of alkyl halides is 2. The van der Waals surface area contributed by atoms with Gasteiger partial charge in [0.15, 0.2) is 5.65 Å². The summed E-state index contributed by atoms with van der Waals surface area (Å²) in [6.07, 6.45) is 0.546. The molecule has 0 atom stereocenters. The summed E-state index contributed by atoms with van der Waals surface area (Å²) in [6.45, 7) is 0. The third-order valence-corrected chi connectivity index (χ3v) is 2.89. The molecule has 0 aliphatic heterocycles. The molecule has 1 aliphatic carbocycles. The summed E-state index contributed by atoms with van der Waals surface area (Å²) in [6, 6.07) is 1.51. The maximum absolute atomic E-state index is 12.7. The molecular weight excluding hydrogens is 252 g/mol. The summed E-state index contributed by atoms with van der Waals surface area (Å²) in [4.78, 5) is 4.00. The number of hydrogen-bond acceptors (Lipinski definition) is 3. The van der Waals surface area contributed by atoms with Crippen LogP contribution >= 0.6 is 11.6 Å². The molecule has 3 rings (SSSR count). The van der Waals surface area contributed by atoms with E-state index in [2.05, 4.69) is 15.2 Å². The van der Waals surface area contributed by atoms with Crippen LogP contribution in [-0.2, 0) is 0 Å². The fourth-order valence-electron chi connectivity index (χ4n) is 1.84. The van der Waals surface area contributed by atoms with Gasteiger partial charge in [0.1, 0.15) is 17.0 Å². The topological polar surface area (TPSA) is 50.8 Å². The van der Waals surface area contributed by atoms with Gasteiger partial charge in [0, 0.05) is 18.9 Å². The van der Waals surface area contributed by atoms with Gasteiger partial charge in [-0.05, 0) is 0 Å². The molecule has 2 aromatic rings. The summed E-state index contributed by atoms with van der Waals surface area (Å²) in [5.74, 6) is -2.16. The van der Waals surface area contributed by atoms with Crippen LogP contribution in [0.15, 0.2) is 12.3 Å². The second-order valence-electron chi connectivity index (χ2n) is 4.08. The second kappa shape index (κ2) is 3.53. The van der Waals surface area contributed by atoms with E-state index in [1.54, 1.807) is 0 Å². The highest BCUT2D eigenvalue weighted by atomic mass is 35.5. The van der Waals surface area contributed by atoms with Crippen molar-refractivity contribution in [1.29, 1.82) is 0 Å². The number of aromatic nitrogens is 3. The van der Waals surface area contributed by atoms with Crippen LogP contribution in [0, 0.1) is 0 Å². The van der Waals surface area contributed by atoms with Crippen LogP contribution in [0.3, 0.4) is 0 Å². The van der Waals surface area contributed by atoms with E-state index in [1.165, 1.54) is 12.3 Å². The van der Waals surface area contributed by atoms with Gasteiger partial charge in [-0.15, -0.1) is 0 Å². The van der Waals surface area contributed by atoms with Crippen molar-refractivity contribution in [3.8, 4) is 5.75 Å². The van der Waals surface area contributed by atoms with Crippen molar-refractivity contribution in [2.45, 2.75) is 24.9 Å². The van der Waals surface area contributed by atoms with E-state index in [4.69, 9.17) is 16.3 Å². The number of halogens is 3. The molecule has 0 radical (unpaired) electrons. The molecule has 0 aromatic carbocycles. The highest BCUT2D eigenvalue weighted by Crippen LogP contribution is 2.40. The van der Waals surface area contributed by atoms with E-state index in [-0.39, 0.29) is 18.0 Å². The van der Waals surface area contributed by atoms with Gasteiger partial charge in [-0.25, -0.2) is 13.8 Å². The molecular formula is C10H8ClF2N3O. The molecule has 1 saturated carbocycles. The highest BCUT2D eigenvalue weighted by molar-refractivity contribution is 6.30. The number of aromatic amines is 1. The first kappa shape index (κ1) is 10.7. The average molecular weight is 260 g/mol. The molecule has 0 saturated heterocycles. The predicted molar refractivity (Wildman–Crippen MR) is 57.5 cm³/mol. The van der Waals surface area contributed by atoms with Crippen molar-refractivity contribution >= 4 is 22.6 Å². The van der Waals surface area contributed by atoms with Crippen LogP contribution in [0.25, 0.3) is 11.0 Å². The molecule has 1 aliphatic rings. The molecule has 90 valence electrons. The van der Waals surface area contributed by atoms with E-state index in [1.807, 2.05) is 0 Å². The molecule has 0 amide bonds. The van der Waals surface area contributed by atoms with Crippen molar-refractivity contribution in [3.63, 3.8) is 0 Å². The molecule has 0 spiro atoms. The Morgan fingerprint density at radius 3 is 2.94 bits per heavy atom. The van der Waals surface area contributed by atoms with E-state index in [9.17, 15) is 8.78 Å². The summed E-state index contributed by atoms with van der Waals surface area (Å²) in [7, 11) is 0. The normalized spacial score (nSPS) is 19.2. The number of fused-ring (bicyclic) bond motifs is 1. The zero-order valence-corrected chi connectivity index (χ0v) is 9.34. The molecule has 2 heterocycles. The van der Waals surface area contributed by atoms with Crippen molar-refractivity contribution in [2.24, 2.45) is 0 Å². The molecule has 0 unspecified atom stereocenters. The predicted octanol–water partition coefficient (Wildman–Crippen LogP) is 2.79. The maximum Gasteiger partial charge on any atom is 0.255 e. The van der Waals surface area contributed by atoms with Crippen LogP contribution in [0.2, 0.25) is 5.15 Å². The van der Waals surface area contributed by atoms with Gasteiger partial charge in [-0.2, -0.15) is 5.10 Å². The number of nitrogens with zero attached hydrogens (tertiary/aromatic N) is 2. The molecule has 2 aromatic heterocycles. The number of rotatable bonds is 2. The van der Waals surface area contributed by atoms with E-state index < -0.39 is 12.0 Å². The molecule has 17 heavy (non-hydrogen) atoms. The van der Waals surface area contributed by atoms with E-state index >= 15 is 0 Å². The lowest BCUT2D eigenvalue weighted by atomic mass is 9.91. The van der Waals surface area contributed by atoms with Crippen LogP contribution in [0.5, 0.6) is 5.75 Å². The summed E-state index contributed by atoms with van der Waals surface area (Å²) in [5.41, 5.74) is 0.485. The first-order chi connectivity index (χ1) is 8.03. The van der Waals surface area contributed by atoms with Crippen molar-refractivity contribution in [3.05, 3.63) is 17.4 Å². The van der Waals surface area contributed by atoms with Crippen LogP contribution in [0.1, 0.15) is 12.8 Å². The lowest BCUT2D eigenvalue weighted by molar-refractivity contribution is -0.134. The molecule has 0 bridgehead atoms. The Morgan fingerprint density at radius 2 is 2.24 bits per heavy atom. The second-order valence-corrected chi connectivity index (χ2v) is 4.47. The molecule has 1 N–H and O–H groups in total. The Kier molecular flexibility index (Phi) is 2.22. The Bertz CT molecular complexity index is 564. The van der Waals surface area contributed by atoms with Gasteiger partial charge in [0.25, 0.3) is 5.92 Å². The third kappa shape index (κ3) is 1.93. The molecule has 7 heteroatoms. The average Bonchev–Trinajstić information content (AvgIpc) is 2.62. The fourth-order valence-corrected chi connectivity index (χ4v) is 2.02. The fraction of sp³-hybridized carbons (Fsp3) is 0.400. The number of nitrogens with one attached hydrogen (secondary N) is 1. The largest absolute Gasteiger partial charge is 0.489 e. The minimum absolute atomic E-state index is 0.239. The Balaban J connectivity index is 1.87. The number of H-pyrrole nitrogens is 1. The van der Waals surface area contributed by atoms with Crippen LogP contribution < -0.4 is 4.74 Å². The number of ether oxygens (including phenoxy) is 1. The quantitative estimate of drug-likeness (QED) is 0.844. The number of hydrogen-bond donors (Lipinski definition) is 1. The minimum atomic E-state index is -2.60. The van der Waals surface area contributed by atoms with E-state index in [0.717, 1.165) is 0 Å². The lowest BCUT2D eigenvalue weighted by Gasteiger charge is -2.34. The highest BCUT2D eigenvalue weighted by Gasteiger charge is 2.47. The van der Waals surface area contributed by atoms with Crippen LogP contribution in [0.4, 0.5) is 8.78 Å². The minimum Gasteiger partial charge on any atom is -0.489 e. The maximum atomic E-state index is 12.7. The first-order valence-corrected chi connectivity index (χ1v) is 5.45. The van der Waals surface area contributed by atoms with Crippen molar-refractivity contribution in [1.82, 2.24) is 15.2 Å². The van der Waals surface area contributed by atoms with Gasteiger partial charge in [-0.3, -0.25) is 5.10 Å².